The zero-order valence-corrected chi connectivity index (χ0v) is 15.8. The molecule has 0 amide bonds. The average molecular weight is 328 g/mol. The van der Waals surface area contributed by atoms with E-state index in [1.165, 1.54) is 22.7 Å². The monoisotopic (exact) mass is 327 g/mol. The standard InChI is InChI=1S/C20H27O2Si/c1-16-18(15-22-13-14-23(3,4)5)7-6-8-20(16)17-9-11-19(21-2)12-10-17/h6-12,15H,13-14H2,1-5H3. The molecule has 0 aromatic heterocycles. The van der Waals surface area contributed by atoms with E-state index < -0.39 is 8.07 Å². The number of hydrogen-bond acceptors (Lipinski definition) is 2. The van der Waals surface area contributed by atoms with Gasteiger partial charge in [-0.3, -0.25) is 0 Å². The smallest absolute Gasteiger partial charge is 0.118 e. The molecule has 0 aliphatic carbocycles. The van der Waals surface area contributed by atoms with Crippen LogP contribution in [0.5, 0.6) is 5.75 Å². The van der Waals surface area contributed by atoms with Crippen LogP contribution < -0.4 is 4.74 Å². The highest BCUT2D eigenvalue weighted by atomic mass is 28.3. The molecule has 0 saturated heterocycles. The minimum atomic E-state index is -1.04. The van der Waals surface area contributed by atoms with Crippen LogP contribution in [0.25, 0.3) is 11.1 Å². The molecule has 2 aromatic carbocycles. The fourth-order valence-electron chi connectivity index (χ4n) is 2.38. The quantitative estimate of drug-likeness (QED) is 0.491. The summed E-state index contributed by atoms with van der Waals surface area (Å²) >= 11 is 0. The number of ether oxygens (including phenoxy) is 2. The van der Waals surface area contributed by atoms with E-state index in [4.69, 9.17) is 9.47 Å². The number of rotatable bonds is 7. The van der Waals surface area contributed by atoms with E-state index in [0.29, 0.717) is 0 Å². The van der Waals surface area contributed by atoms with Crippen molar-refractivity contribution in [1.29, 1.82) is 0 Å². The lowest BCUT2D eigenvalue weighted by molar-refractivity contribution is 0.228. The van der Waals surface area contributed by atoms with Crippen molar-refractivity contribution in [1.82, 2.24) is 0 Å². The maximum Gasteiger partial charge on any atom is 0.118 e. The highest BCUT2D eigenvalue weighted by Gasteiger charge is 2.13. The lowest BCUT2D eigenvalue weighted by atomic mass is 9.97. The van der Waals surface area contributed by atoms with Gasteiger partial charge in [0.2, 0.25) is 0 Å². The zero-order valence-electron chi connectivity index (χ0n) is 14.8. The van der Waals surface area contributed by atoms with Gasteiger partial charge in [0.1, 0.15) is 12.4 Å². The van der Waals surface area contributed by atoms with Crippen LogP contribution in [0.3, 0.4) is 0 Å². The largest absolute Gasteiger partial charge is 0.497 e. The predicted octanol–water partition coefficient (Wildman–Crippen LogP) is 5.54. The van der Waals surface area contributed by atoms with Gasteiger partial charge in [0.15, 0.2) is 0 Å². The topological polar surface area (TPSA) is 18.5 Å². The molecule has 123 valence electrons. The molecule has 2 aromatic rings. The van der Waals surface area contributed by atoms with Crippen LogP contribution in [0.15, 0.2) is 42.5 Å². The van der Waals surface area contributed by atoms with E-state index in [9.17, 15) is 0 Å². The molecule has 2 nitrogen and oxygen atoms in total. The summed E-state index contributed by atoms with van der Waals surface area (Å²) in [4.78, 5) is 0. The predicted molar refractivity (Wildman–Crippen MR) is 101 cm³/mol. The lowest BCUT2D eigenvalue weighted by Crippen LogP contribution is -2.21. The number of benzene rings is 2. The molecule has 1 radical (unpaired) electrons. The van der Waals surface area contributed by atoms with Crippen LogP contribution in [0.4, 0.5) is 0 Å². The first-order valence-electron chi connectivity index (χ1n) is 8.09. The van der Waals surface area contributed by atoms with Gasteiger partial charge in [0, 0.05) is 14.7 Å². The van der Waals surface area contributed by atoms with Gasteiger partial charge in [-0.15, -0.1) is 0 Å². The second-order valence-electron chi connectivity index (χ2n) is 7.05. The van der Waals surface area contributed by atoms with Gasteiger partial charge in [0.25, 0.3) is 0 Å². The molecule has 0 aliphatic rings. The molecule has 0 atom stereocenters. The lowest BCUT2D eigenvalue weighted by Gasteiger charge is -2.16. The van der Waals surface area contributed by atoms with Gasteiger partial charge in [0.05, 0.1) is 7.11 Å². The third-order valence-corrected chi connectivity index (χ3v) is 5.66. The van der Waals surface area contributed by atoms with Crippen LogP contribution in [0, 0.1) is 13.5 Å². The second-order valence-corrected chi connectivity index (χ2v) is 12.7. The molecule has 0 bridgehead atoms. The van der Waals surface area contributed by atoms with Crippen LogP contribution in [0.2, 0.25) is 25.7 Å². The fraction of sp³-hybridized carbons (Fsp3) is 0.350. The fourth-order valence-corrected chi connectivity index (χ4v) is 3.11. The Balaban J connectivity index is 2.08. The first-order valence-corrected chi connectivity index (χ1v) is 11.8. The van der Waals surface area contributed by atoms with Crippen LogP contribution >= 0.6 is 0 Å². The van der Waals surface area contributed by atoms with Crippen LogP contribution in [0.1, 0.15) is 11.1 Å². The van der Waals surface area contributed by atoms with E-state index in [1.807, 2.05) is 18.7 Å². The molecule has 2 rings (SSSR count). The van der Waals surface area contributed by atoms with Crippen molar-refractivity contribution >= 4 is 8.07 Å². The van der Waals surface area contributed by atoms with Crippen molar-refractivity contribution in [2.24, 2.45) is 0 Å². The molecule has 0 saturated carbocycles. The van der Waals surface area contributed by atoms with Crippen molar-refractivity contribution < 1.29 is 9.47 Å². The summed E-state index contributed by atoms with van der Waals surface area (Å²) < 4.78 is 11.0. The highest BCUT2D eigenvalue weighted by molar-refractivity contribution is 6.76. The summed E-state index contributed by atoms with van der Waals surface area (Å²) in [5.41, 5.74) is 4.82. The molecular weight excluding hydrogens is 300 g/mol. The third-order valence-electron chi connectivity index (χ3n) is 3.96. The molecular formula is C20H27O2Si. The highest BCUT2D eigenvalue weighted by Crippen LogP contribution is 2.28. The molecule has 0 N–H and O–H groups in total. The van der Waals surface area contributed by atoms with E-state index in [1.54, 1.807) is 7.11 Å². The van der Waals surface area contributed by atoms with E-state index in [0.717, 1.165) is 17.9 Å². The third kappa shape index (κ3) is 5.22. The average Bonchev–Trinajstić information content (AvgIpc) is 2.52. The van der Waals surface area contributed by atoms with E-state index >= 15 is 0 Å². The number of hydrogen-bond donors (Lipinski definition) is 0. The molecule has 0 heterocycles. The summed E-state index contributed by atoms with van der Waals surface area (Å²) in [5, 5.41) is 0. The van der Waals surface area contributed by atoms with Crippen molar-refractivity contribution in [2.45, 2.75) is 32.6 Å². The Hall–Kier alpha value is -1.58. The first-order chi connectivity index (χ1) is 10.9. The summed E-state index contributed by atoms with van der Waals surface area (Å²) in [6, 6.07) is 15.7. The molecule has 0 fully saturated rings. The maximum atomic E-state index is 5.79. The summed E-state index contributed by atoms with van der Waals surface area (Å²) in [6.07, 6.45) is 0. The SMILES string of the molecule is COc1ccc(-c2cccc([CH]OCC[Si](C)(C)C)c2C)cc1. The van der Waals surface area contributed by atoms with Crippen molar-refractivity contribution in [3.8, 4) is 16.9 Å². The van der Waals surface area contributed by atoms with Gasteiger partial charge in [-0.1, -0.05) is 50.0 Å². The van der Waals surface area contributed by atoms with Gasteiger partial charge in [-0.05, 0) is 47.4 Å². The van der Waals surface area contributed by atoms with E-state index in [2.05, 4.69) is 56.9 Å². The second kappa shape index (κ2) is 7.80. The molecule has 0 spiro atoms. The Bertz CT molecular complexity index is 627. The van der Waals surface area contributed by atoms with Crippen LogP contribution in [-0.4, -0.2) is 21.8 Å². The summed E-state index contributed by atoms with van der Waals surface area (Å²) in [7, 11) is 0.650. The van der Waals surface area contributed by atoms with Crippen LogP contribution in [-0.2, 0) is 4.74 Å². The van der Waals surface area contributed by atoms with Gasteiger partial charge >= 0.3 is 0 Å². The Morgan fingerprint density at radius 1 is 1.00 bits per heavy atom. The maximum absolute atomic E-state index is 5.79. The summed E-state index contributed by atoms with van der Waals surface area (Å²) in [6.45, 7) is 12.0. The zero-order chi connectivity index (χ0) is 16.9. The molecule has 23 heavy (non-hydrogen) atoms. The first kappa shape index (κ1) is 17.8. The van der Waals surface area contributed by atoms with Crippen molar-refractivity contribution in [3.63, 3.8) is 0 Å². The van der Waals surface area contributed by atoms with Crippen molar-refractivity contribution in [3.05, 3.63) is 60.2 Å². The molecule has 3 heteroatoms. The number of methoxy groups -OCH3 is 1. The van der Waals surface area contributed by atoms with Crippen molar-refractivity contribution in [2.75, 3.05) is 13.7 Å². The Morgan fingerprint density at radius 3 is 2.30 bits per heavy atom. The normalized spacial score (nSPS) is 11.5. The minimum absolute atomic E-state index is 0.807. The minimum Gasteiger partial charge on any atom is -0.497 e. The molecule has 0 unspecified atom stereocenters. The Morgan fingerprint density at radius 2 is 1.70 bits per heavy atom. The molecule has 0 aliphatic heterocycles. The van der Waals surface area contributed by atoms with E-state index in [-0.39, 0.29) is 0 Å². The van der Waals surface area contributed by atoms with Gasteiger partial charge < -0.3 is 9.47 Å². The Kier molecular flexibility index (Phi) is 6.02. The summed E-state index contributed by atoms with van der Waals surface area (Å²) in [5.74, 6) is 0.879. The Labute approximate surface area is 141 Å². The van der Waals surface area contributed by atoms with Gasteiger partial charge in [-0.2, -0.15) is 0 Å². The van der Waals surface area contributed by atoms with Gasteiger partial charge in [-0.25, -0.2) is 0 Å².